The molecule has 4 rings (SSSR count). The van der Waals surface area contributed by atoms with Crippen molar-refractivity contribution in [3.63, 3.8) is 0 Å². The van der Waals surface area contributed by atoms with Gasteiger partial charge < -0.3 is 15.2 Å². The first-order valence-corrected chi connectivity index (χ1v) is 16.0. The number of aliphatic carboxylic acids is 1. The molecule has 0 saturated carbocycles. The van der Waals surface area contributed by atoms with Gasteiger partial charge in [-0.3, -0.25) is 14.6 Å². The van der Waals surface area contributed by atoms with E-state index in [0.717, 1.165) is 48.5 Å². The van der Waals surface area contributed by atoms with E-state index >= 15 is 0 Å². The van der Waals surface area contributed by atoms with Crippen LogP contribution < -0.4 is 5.32 Å². The average Bonchev–Trinajstić information content (AvgIpc) is 3.50. The maximum Gasteiger partial charge on any atom is 0.326 e. The van der Waals surface area contributed by atoms with Crippen LogP contribution in [0.5, 0.6) is 0 Å². The Labute approximate surface area is 247 Å². The summed E-state index contributed by atoms with van der Waals surface area (Å²) in [7, 11) is -4.01. The lowest BCUT2D eigenvalue weighted by atomic mass is 9.99. The Bertz CT molecular complexity index is 1360. The predicted molar refractivity (Wildman–Crippen MR) is 158 cm³/mol. The molecule has 0 aliphatic carbocycles. The van der Waals surface area contributed by atoms with Crippen molar-refractivity contribution in [1.29, 1.82) is 0 Å². The summed E-state index contributed by atoms with van der Waals surface area (Å²) in [6.07, 6.45) is 8.36. The van der Waals surface area contributed by atoms with Crippen LogP contribution in [-0.4, -0.2) is 73.2 Å². The number of ketones is 1. The highest BCUT2D eigenvalue weighted by Gasteiger charge is 2.41. The number of amides is 1. The van der Waals surface area contributed by atoms with Crippen molar-refractivity contribution in [3.05, 3.63) is 65.7 Å². The first-order chi connectivity index (χ1) is 20.2. The van der Waals surface area contributed by atoms with E-state index in [1.165, 1.54) is 30.7 Å². The van der Waals surface area contributed by atoms with Gasteiger partial charge in [0.15, 0.2) is 0 Å². The summed E-state index contributed by atoms with van der Waals surface area (Å²) in [5.41, 5.74) is 2.84. The van der Waals surface area contributed by atoms with Crippen LogP contribution >= 0.6 is 0 Å². The van der Waals surface area contributed by atoms with E-state index < -0.39 is 34.0 Å². The van der Waals surface area contributed by atoms with Gasteiger partial charge in [0.2, 0.25) is 15.9 Å². The molecule has 0 bridgehead atoms. The number of aliphatic imine (C=N–C) groups is 1. The minimum atomic E-state index is -4.01. The molecular formula is C31H39N3O7S. The second-order valence-corrected chi connectivity index (χ2v) is 12.7. The van der Waals surface area contributed by atoms with Crippen molar-refractivity contribution in [2.24, 2.45) is 4.99 Å². The molecule has 0 aromatic heterocycles. The predicted octanol–water partition coefficient (Wildman–Crippen LogP) is 3.53. The molecule has 10 nitrogen and oxygen atoms in total. The van der Waals surface area contributed by atoms with Gasteiger partial charge in [-0.15, -0.1) is 0 Å². The lowest BCUT2D eigenvalue weighted by Gasteiger charge is -2.23. The first-order valence-electron chi connectivity index (χ1n) is 14.5. The van der Waals surface area contributed by atoms with E-state index in [1.807, 2.05) is 0 Å². The number of sulfonamides is 1. The van der Waals surface area contributed by atoms with Crippen LogP contribution in [0.3, 0.4) is 0 Å². The van der Waals surface area contributed by atoms with Crippen LogP contribution in [0.25, 0.3) is 0 Å². The summed E-state index contributed by atoms with van der Waals surface area (Å²) < 4.78 is 32.3. The molecule has 226 valence electrons. The Balaban J connectivity index is 1.25. The van der Waals surface area contributed by atoms with Crippen molar-refractivity contribution in [2.75, 3.05) is 19.9 Å². The molecule has 42 heavy (non-hydrogen) atoms. The van der Waals surface area contributed by atoms with Crippen molar-refractivity contribution in [1.82, 2.24) is 9.62 Å². The summed E-state index contributed by atoms with van der Waals surface area (Å²) in [5, 5.41) is 12.2. The lowest BCUT2D eigenvalue weighted by molar-refractivity contribution is -0.142. The fourth-order valence-corrected chi connectivity index (χ4v) is 6.68. The fraction of sp³-hybridized carbons (Fsp3) is 0.484. The Hall–Kier alpha value is -3.41. The maximum absolute atomic E-state index is 13.0. The molecule has 2 aliphatic rings. The standard InChI is InChI=1S/C31H39N3O7S/c35-26(11-4-1-3-9-25-10-7-8-18-32-25)19-23-14-16-24(17-15-23)20-28(31(37)38)33-30(36)29-21-41-22-34(29)42(39,40)27-12-5-2-6-13-27/h2,5-6,12-17,28-29H,1,3-4,7-11,18-22H2,(H,33,36)(H,37,38)/t28-,29-/m0/s1. The van der Waals surface area contributed by atoms with Gasteiger partial charge in [-0.2, -0.15) is 4.31 Å². The van der Waals surface area contributed by atoms with Gasteiger partial charge in [0.1, 0.15) is 24.6 Å². The number of hydrogen-bond donors (Lipinski definition) is 2. The number of Topliss-reactive ketones (excluding diaryl/α,β-unsaturated/α-hetero) is 1. The van der Waals surface area contributed by atoms with Crippen LogP contribution in [0.2, 0.25) is 0 Å². The lowest BCUT2D eigenvalue weighted by Crippen LogP contribution is -2.52. The molecule has 2 aromatic rings. The summed E-state index contributed by atoms with van der Waals surface area (Å²) in [6.45, 7) is 0.472. The van der Waals surface area contributed by atoms with Crippen LogP contribution in [-0.2, 0) is 42.0 Å². The molecule has 2 aliphatic heterocycles. The SMILES string of the molecule is O=C(CCCCCC1=NCCCC1)Cc1ccc(C[C@H](NC(=O)[C@@H]2COCN2S(=O)(=O)c2ccccc2)C(=O)O)cc1. The zero-order valence-corrected chi connectivity index (χ0v) is 24.6. The minimum absolute atomic E-state index is 0.000393. The summed E-state index contributed by atoms with van der Waals surface area (Å²) in [6, 6.07) is 12.3. The number of carboxylic acids is 1. The van der Waals surface area contributed by atoms with E-state index in [-0.39, 0.29) is 30.4 Å². The molecule has 0 radical (unpaired) electrons. The van der Waals surface area contributed by atoms with Gasteiger partial charge in [0.25, 0.3) is 0 Å². The number of benzene rings is 2. The Morgan fingerprint density at radius 1 is 1.00 bits per heavy atom. The topological polar surface area (TPSA) is 142 Å². The van der Waals surface area contributed by atoms with E-state index in [4.69, 9.17) is 4.74 Å². The number of ether oxygens (including phenoxy) is 1. The van der Waals surface area contributed by atoms with Gasteiger partial charge >= 0.3 is 5.97 Å². The molecule has 0 unspecified atom stereocenters. The molecule has 2 N–H and O–H groups in total. The number of nitrogens with one attached hydrogen (secondary N) is 1. The Kier molecular flexibility index (Phi) is 11.4. The van der Waals surface area contributed by atoms with Crippen molar-refractivity contribution in [3.8, 4) is 0 Å². The molecule has 1 saturated heterocycles. The molecule has 1 fully saturated rings. The number of hydrogen-bond acceptors (Lipinski definition) is 7. The Morgan fingerprint density at radius 2 is 1.74 bits per heavy atom. The molecular weight excluding hydrogens is 558 g/mol. The second kappa shape index (κ2) is 15.2. The van der Waals surface area contributed by atoms with E-state index in [1.54, 1.807) is 42.5 Å². The van der Waals surface area contributed by atoms with Crippen LogP contribution in [0.4, 0.5) is 0 Å². The van der Waals surface area contributed by atoms with Crippen molar-refractivity contribution in [2.45, 2.75) is 81.2 Å². The summed E-state index contributed by atoms with van der Waals surface area (Å²) >= 11 is 0. The van der Waals surface area contributed by atoms with Gasteiger partial charge in [-0.05, 0) is 61.8 Å². The number of nitrogens with zero attached hydrogens (tertiary/aromatic N) is 2. The third kappa shape index (κ3) is 8.80. The molecule has 2 aromatic carbocycles. The molecule has 1 amide bonds. The highest BCUT2D eigenvalue weighted by Crippen LogP contribution is 2.22. The number of carbonyl (C=O) groups is 3. The molecule has 2 atom stereocenters. The smallest absolute Gasteiger partial charge is 0.326 e. The number of carbonyl (C=O) groups excluding carboxylic acids is 2. The number of carboxylic acid groups (broad SMARTS) is 1. The second-order valence-electron chi connectivity index (χ2n) is 10.8. The maximum atomic E-state index is 13.0. The third-order valence-corrected chi connectivity index (χ3v) is 9.45. The summed E-state index contributed by atoms with van der Waals surface area (Å²) in [5.74, 6) is -1.81. The first kappa shape index (κ1) is 31.5. The van der Waals surface area contributed by atoms with Crippen molar-refractivity contribution >= 4 is 33.4 Å². The van der Waals surface area contributed by atoms with Gasteiger partial charge in [-0.1, -0.05) is 48.9 Å². The number of unbranched alkanes of at least 4 members (excludes halogenated alkanes) is 2. The monoisotopic (exact) mass is 597 g/mol. The largest absolute Gasteiger partial charge is 0.480 e. The fourth-order valence-electron chi connectivity index (χ4n) is 5.20. The molecule has 2 heterocycles. The average molecular weight is 598 g/mol. The zero-order chi connectivity index (χ0) is 30.0. The third-order valence-electron chi connectivity index (χ3n) is 7.60. The van der Waals surface area contributed by atoms with Crippen molar-refractivity contribution < 1.29 is 32.6 Å². The summed E-state index contributed by atoms with van der Waals surface area (Å²) in [4.78, 5) is 42.0. The normalized spacial score (nSPS) is 18.3. The molecule has 11 heteroatoms. The Morgan fingerprint density at radius 3 is 2.43 bits per heavy atom. The van der Waals surface area contributed by atoms with E-state index in [2.05, 4.69) is 10.3 Å². The highest BCUT2D eigenvalue weighted by atomic mass is 32.2. The highest BCUT2D eigenvalue weighted by molar-refractivity contribution is 7.89. The van der Waals surface area contributed by atoms with Gasteiger partial charge in [-0.25, -0.2) is 13.2 Å². The quantitative estimate of drug-likeness (QED) is 0.299. The number of rotatable bonds is 15. The zero-order valence-electron chi connectivity index (χ0n) is 23.7. The van der Waals surface area contributed by atoms with Crippen LogP contribution in [0.15, 0.2) is 64.5 Å². The van der Waals surface area contributed by atoms with E-state index in [9.17, 15) is 27.9 Å². The minimum Gasteiger partial charge on any atom is -0.480 e. The van der Waals surface area contributed by atoms with Crippen LogP contribution in [0, 0.1) is 0 Å². The van der Waals surface area contributed by atoms with Gasteiger partial charge in [0.05, 0.1) is 11.5 Å². The van der Waals surface area contributed by atoms with Gasteiger partial charge in [0, 0.05) is 31.5 Å². The van der Waals surface area contributed by atoms with Crippen LogP contribution in [0.1, 0.15) is 62.5 Å². The van der Waals surface area contributed by atoms with E-state index in [0.29, 0.717) is 18.4 Å². The molecule has 0 spiro atoms.